The van der Waals surface area contributed by atoms with Crippen molar-refractivity contribution in [1.29, 1.82) is 0 Å². The van der Waals surface area contributed by atoms with Gasteiger partial charge in [-0.05, 0) is 23.7 Å². The second-order valence-corrected chi connectivity index (χ2v) is 5.55. The lowest BCUT2D eigenvalue weighted by molar-refractivity contribution is 0.0161. The standard InChI is InChI=1S/C13H12Cl3NO3/c14-10-3-1-2-9(11(10)15)12(18)20-8-4-6-17(7-5-8)13(16)19/h1-3,8H,4-7H2. The van der Waals surface area contributed by atoms with Crippen molar-refractivity contribution < 1.29 is 14.3 Å². The summed E-state index contributed by atoms with van der Waals surface area (Å²) < 4.78 is 5.38. The lowest BCUT2D eigenvalue weighted by Crippen LogP contribution is -2.39. The Bertz CT molecular complexity index is 528. The van der Waals surface area contributed by atoms with E-state index in [9.17, 15) is 9.59 Å². The van der Waals surface area contributed by atoms with E-state index in [1.165, 1.54) is 4.90 Å². The number of rotatable bonds is 2. The zero-order chi connectivity index (χ0) is 14.7. The number of piperidine rings is 1. The van der Waals surface area contributed by atoms with Crippen molar-refractivity contribution in [2.45, 2.75) is 18.9 Å². The van der Waals surface area contributed by atoms with Crippen LogP contribution in [0.2, 0.25) is 10.0 Å². The topological polar surface area (TPSA) is 46.6 Å². The third-order valence-electron chi connectivity index (χ3n) is 3.14. The smallest absolute Gasteiger partial charge is 0.339 e. The molecule has 108 valence electrons. The van der Waals surface area contributed by atoms with Crippen LogP contribution >= 0.6 is 34.8 Å². The van der Waals surface area contributed by atoms with Crippen LogP contribution in [0.25, 0.3) is 0 Å². The lowest BCUT2D eigenvalue weighted by atomic mass is 10.1. The van der Waals surface area contributed by atoms with Gasteiger partial charge in [-0.1, -0.05) is 29.3 Å². The van der Waals surface area contributed by atoms with Crippen molar-refractivity contribution in [3.05, 3.63) is 33.8 Å². The molecule has 1 aromatic rings. The van der Waals surface area contributed by atoms with E-state index in [1.807, 2.05) is 0 Å². The predicted molar refractivity (Wildman–Crippen MR) is 77.7 cm³/mol. The molecule has 1 amide bonds. The Morgan fingerprint density at radius 1 is 1.20 bits per heavy atom. The van der Waals surface area contributed by atoms with Gasteiger partial charge in [0.05, 0.1) is 15.6 Å². The Labute approximate surface area is 131 Å². The zero-order valence-electron chi connectivity index (χ0n) is 10.4. The van der Waals surface area contributed by atoms with Crippen LogP contribution in [0.5, 0.6) is 0 Å². The molecular weight excluding hydrogens is 325 g/mol. The van der Waals surface area contributed by atoms with E-state index >= 15 is 0 Å². The van der Waals surface area contributed by atoms with Crippen molar-refractivity contribution in [2.24, 2.45) is 0 Å². The van der Waals surface area contributed by atoms with Crippen molar-refractivity contribution in [3.63, 3.8) is 0 Å². The quantitative estimate of drug-likeness (QED) is 0.466. The summed E-state index contributed by atoms with van der Waals surface area (Å²) in [6.07, 6.45) is 0.870. The number of carbonyl (C=O) groups is 2. The van der Waals surface area contributed by atoms with Crippen LogP contribution in [0.3, 0.4) is 0 Å². The van der Waals surface area contributed by atoms with Crippen molar-refractivity contribution in [3.8, 4) is 0 Å². The van der Waals surface area contributed by atoms with Crippen LogP contribution in [-0.2, 0) is 4.74 Å². The molecule has 1 fully saturated rings. The van der Waals surface area contributed by atoms with E-state index in [1.54, 1.807) is 18.2 Å². The van der Waals surface area contributed by atoms with Gasteiger partial charge in [-0.2, -0.15) is 0 Å². The average molecular weight is 337 g/mol. The molecule has 1 aliphatic rings. The number of carbonyl (C=O) groups excluding carboxylic acids is 2. The summed E-state index contributed by atoms with van der Waals surface area (Å²) in [6.45, 7) is 0.952. The van der Waals surface area contributed by atoms with Crippen molar-refractivity contribution in [2.75, 3.05) is 13.1 Å². The van der Waals surface area contributed by atoms with Gasteiger partial charge in [-0.15, -0.1) is 0 Å². The highest BCUT2D eigenvalue weighted by molar-refractivity contribution is 6.62. The van der Waals surface area contributed by atoms with Gasteiger partial charge in [0.1, 0.15) is 6.10 Å². The molecule has 0 atom stereocenters. The highest BCUT2D eigenvalue weighted by Gasteiger charge is 2.25. The van der Waals surface area contributed by atoms with E-state index in [-0.39, 0.29) is 16.7 Å². The first-order valence-electron chi connectivity index (χ1n) is 6.08. The summed E-state index contributed by atoms with van der Waals surface area (Å²) in [4.78, 5) is 24.5. The number of benzene rings is 1. The first-order valence-corrected chi connectivity index (χ1v) is 7.22. The first kappa shape index (κ1) is 15.4. The molecule has 1 saturated heterocycles. The number of amides is 1. The SMILES string of the molecule is O=C(OC1CCN(C(=O)Cl)CC1)c1cccc(Cl)c1Cl. The van der Waals surface area contributed by atoms with Gasteiger partial charge in [-0.3, -0.25) is 4.79 Å². The summed E-state index contributed by atoms with van der Waals surface area (Å²) >= 11 is 17.2. The van der Waals surface area contributed by atoms with Crippen LogP contribution in [0.4, 0.5) is 4.79 Å². The molecule has 0 N–H and O–H groups in total. The number of hydrogen-bond donors (Lipinski definition) is 0. The van der Waals surface area contributed by atoms with Crippen molar-refractivity contribution >= 4 is 46.1 Å². The normalized spacial score (nSPS) is 16.1. The second kappa shape index (κ2) is 6.66. The molecule has 0 unspecified atom stereocenters. The summed E-state index contributed by atoms with van der Waals surface area (Å²) in [5.74, 6) is -0.506. The van der Waals surface area contributed by atoms with E-state index in [0.717, 1.165) is 0 Å². The monoisotopic (exact) mass is 335 g/mol. The fraction of sp³-hybridized carbons (Fsp3) is 0.385. The minimum atomic E-state index is -0.506. The molecular formula is C13H12Cl3NO3. The van der Waals surface area contributed by atoms with E-state index in [4.69, 9.17) is 39.5 Å². The first-order chi connectivity index (χ1) is 9.49. The molecule has 0 bridgehead atoms. The highest BCUT2D eigenvalue weighted by atomic mass is 35.5. The number of nitrogens with zero attached hydrogens (tertiary/aromatic N) is 1. The van der Waals surface area contributed by atoms with E-state index in [2.05, 4.69) is 0 Å². The molecule has 0 aliphatic carbocycles. The molecule has 1 aromatic carbocycles. The number of halogens is 3. The number of hydrogen-bond acceptors (Lipinski definition) is 3. The molecule has 0 radical (unpaired) electrons. The Morgan fingerprint density at radius 3 is 2.45 bits per heavy atom. The fourth-order valence-electron chi connectivity index (χ4n) is 2.03. The maximum Gasteiger partial charge on any atom is 0.339 e. The number of esters is 1. The second-order valence-electron chi connectivity index (χ2n) is 4.45. The summed E-state index contributed by atoms with van der Waals surface area (Å²) in [5, 5.41) is 0.0175. The van der Waals surface area contributed by atoms with E-state index < -0.39 is 11.3 Å². The summed E-state index contributed by atoms with van der Waals surface area (Å²) in [5.41, 5.74) is 0.245. The summed E-state index contributed by atoms with van der Waals surface area (Å²) in [7, 11) is 0. The average Bonchev–Trinajstić information content (AvgIpc) is 2.42. The molecule has 0 spiro atoms. The van der Waals surface area contributed by atoms with Crippen LogP contribution in [-0.4, -0.2) is 35.4 Å². The predicted octanol–water partition coefficient (Wildman–Crippen LogP) is 3.97. The number of likely N-dealkylation sites (tertiary alicyclic amines) is 1. The number of ether oxygens (including phenoxy) is 1. The van der Waals surface area contributed by atoms with Crippen molar-refractivity contribution in [1.82, 2.24) is 4.90 Å². The summed E-state index contributed by atoms with van der Waals surface area (Å²) in [6, 6.07) is 4.80. The minimum absolute atomic E-state index is 0.188. The molecule has 7 heteroatoms. The van der Waals surface area contributed by atoms with Crippen LogP contribution in [0.15, 0.2) is 18.2 Å². The van der Waals surface area contributed by atoms with Gasteiger partial charge >= 0.3 is 11.3 Å². The van der Waals surface area contributed by atoms with E-state index in [0.29, 0.717) is 31.0 Å². The molecule has 0 aromatic heterocycles. The molecule has 1 aliphatic heterocycles. The van der Waals surface area contributed by atoms with Gasteiger partial charge in [0.2, 0.25) is 0 Å². The molecule has 0 saturated carbocycles. The Morgan fingerprint density at radius 2 is 1.85 bits per heavy atom. The third kappa shape index (κ3) is 3.57. The molecule has 2 rings (SSSR count). The molecule has 1 heterocycles. The fourth-order valence-corrected chi connectivity index (χ4v) is 2.57. The van der Waals surface area contributed by atoms with Gasteiger partial charge in [0.25, 0.3) is 0 Å². The van der Waals surface area contributed by atoms with Gasteiger partial charge in [0, 0.05) is 25.9 Å². The minimum Gasteiger partial charge on any atom is -0.459 e. The maximum atomic E-state index is 12.0. The zero-order valence-corrected chi connectivity index (χ0v) is 12.7. The van der Waals surface area contributed by atoms with Gasteiger partial charge in [-0.25, -0.2) is 4.79 Å². The lowest BCUT2D eigenvalue weighted by Gasteiger charge is -2.30. The van der Waals surface area contributed by atoms with Crippen LogP contribution in [0, 0.1) is 0 Å². The van der Waals surface area contributed by atoms with Gasteiger partial charge < -0.3 is 9.64 Å². The largest absolute Gasteiger partial charge is 0.459 e. The highest BCUT2D eigenvalue weighted by Crippen LogP contribution is 2.27. The van der Waals surface area contributed by atoms with Crippen LogP contribution < -0.4 is 0 Å². The Balaban J connectivity index is 1.96. The Hall–Kier alpha value is -0.970. The maximum absolute atomic E-state index is 12.0. The van der Waals surface area contributed by atoms with Crippen LogP contribution in [0.1, 0.15) is 23.2 Å². The molecule has 20 heavy (non-hydrogen) atoms. The Kier molecular flexibility index (Phi) is 5.13. The van der Waals surface area contributed by atoms with Gasteiger partial charge in [0.15, 0.2) is 0 Å². The third-order valence-corrected chi connectivity index (χ3v) is 4.19. The molecule has 4 nitrogen and oxygen atoms in total.